The van der Waals surface area contributed by atoms with Gasteiger partial charge in [-0.3, -0.25) is 9.69 Å². The second kappa shape index (κ2) is 10.3. The second-order valence-electron chi connectivity index (χ2n) is 6.84. The summed E-state index contributed by atoms with van der Waals surface area (Å²) in [6.45, 7) is 6.24. The molecule has 0 radical (unpaired) electrons. The van der Waals surface area contributed by atoms with E-state index in [0.29, 0.717) is 17.8 Å². The number of amides is 1. The number of hydrazone groups is 1. The standard InChI is InChI=1S/C19H25N9O3/c1-3-8-27(9-4-2)12-15-16(22-26-28(15)18-17(20)24-31-25-18)19(30)23-21-11-13-6-5-7-14(29)10-13/h5-7,10-11,29H,3-4,8-9,12H2,1-2H3,(H2,20,24)(H,23,30). The molecule has 1 amide bonds. The summed E-state index contributed by atoms with van der Waals surface area (Å²) in [6.07, 6.45) is 3.32. The van der Waals surface area contributed by atoms with Crippen LogP contribution in [0.25, 0.3) is 5.82 Å². The highest BCUT2D eigenvalue weighted by molar-refractivity contribution is 5.94. The smallest absolute Gasteiger partial charge is 0.293 e. The lowest BCUT2D eigenvalue weighted by Crippen LogP contribution is -2.28. The van der Waals surface area contributed by atoms with E-state index in [1.807, 2.05) is 0 Å². The first kappa shape index (κ1) is 21.9. The van der Waals surface area contributed by atoms with Gasteiger partial charge in [-0.15, -0.1) is 5.10 Å². The van der Waals surface area contributed by atoms with E-state index in [1.54, 1.807) is 18.2 Å². The predicted molar refractivity (Wildman–Crippen MR) is 113 cm³/mol. The van der Waals surface area contributed by atoms with Crippen LogP contribution in [0.2, 0.25) is 0 Å². The fourth-order valence-electron chi connectivity index (χ4n) is 3.07. The highest BCUT2D eigenvalue weighted by Crippen LogP contribution is 2.18. The van der Waals surface area contributed by atoms with Gasteiger partial charge < -0.3 is 10.8 Å². The Morgan fingerprint density at radius 1 is 1.32 bits per heavy atom. The number of phenols is 1. The Morgan fingerprint density at radius 2 is 2.10 bits per heavy atom. The molecule has 0 saturated heterocycles. The Morgan fingerprint density at radius 3 is 2.74 bits per heavy atom. The van der Waals surface area contributed by atoms with Crippen LogP contribution in [-0.4, -0.2) is 60.5 Å². The first-order valence-electron chi connectivity index (χ1n) is 9.91. The number of benzene rings is 1. The number of carbonyl (C=O) groups excluding carboxylic acids is 1. The van der Waals surface area contributed by atoms with Gasteiger partial charge in [0, 0.05) is 6.54 Å². The zero-order valence-electron chi connectivity index (χ0n) is 17.4. The number of aromatic nitrogens is 5. The SMILES string of the molecule is CCCN(CCC)Cc1c(C(=O)NN=Cc2cccc(O)c2)nnn1-c1nonc1N. The molecular formula is C19H25N9O3. The number of nitrogens with zero attached hydrogens (tertiary/aromatic N) is 7. The number of hydrogen-bond acceptors (Lipinski definition) is 10. The molecule has 0 unspecified atom stereocenters. The summed E-state index contributed by atoms with van der Waals surface area (Å²) in [5.74, 6) is -0.234. The molecule has 0 aliphatic rings. The van der Waals surface area contributed by atoms with Gasteiger partial charge in [-0.2, -0.15) is 9.78 Å². The van der Waals surface area contributed by atoms with Crippen LogP contribution >= 0.6 is 0 Å². The summed E-state index contributed by atoms with van der Waals surface area (Å²) in [6, 6.07) is 6.48. The number of aromatic hydroxyl groups is 1. The van der Waals surface area contributed by atoms with E-state index >= 15 is 0 Å². The maximum absolute atomic E-state index is 12.8. The van der Waals surface area contributed by atoms with Crippen LogP contribution < -0.4 is 11.2 Å². The molecular weight excluding hydrogens is 402 g/mol. The van der Waals surface area contributed by atoms with E-state index in [0.717, 1.165) is 25.9 Å². The molecule has 164 valence electrons. The maximum atomic E-state index is 12.8. The van der Waals surface area contributed by atoms with Gasteiger partial charge in [0.1, 0.15) is 5.75 Å². The monoisotopic (exact) mass is 427 g/mol. The lowest BCUT2D eigenvalue weighted by atomic mass is 10.2. The van der Waals surface area contributed by atoms with Crippen molar-refractivity contribution in [3.8, 4) is 11.6 Å². The van der Waals surface area contributed by atoms with Crippen LogP contribution in [0.5, 0.6) is 5.75 Å². The van der Waals surface area contributed by atoms with Crippen molar-refractivity contribution in [2.75, 3.05) is 18.8 Å². The fraction of sp³-hybridized carbons (Fsp3) is 0.368. The summed E-state index contributed by atoms with van der Waals surface area (Å²) in [5, 5.41) is 28.9. The molecule has 0 aliphatic carbocycles. The molecule has 0 spiro atoms. The number of nitrogens with two attached hydrogens (primary N) is 1. The molecule has 0 bridgehead atoms. The molecule has 12 heteroatoms. The number of anilines is 1. The van der Waals surface area contributed by atoms with E-state index in [-0.39, 0.29) is 23.1 Å². The van der Waals surface area contributed by atoms with Crippen molar-refractivity contribution in [3.05, 3.63) is 41.2 Å². The van der Waals surface area contributed by atoms with Gasteiger partial charge in [0.2, 0.25) is 11.6 Å². The Balaban J connectivity index is 1.87. The minimum absolute atomic E-state index is 0.0394. The minimum Gasteiger partial charge on any atom is -0.508 e. The van der Waals surface area contributed by atoms with E-state index in [2.05, 4.69) is 54.5 Å². The average Bonchev–Trinajstić information content (AvgIpc) is 3.34. The van der Waals surface area contributed by atoms with Crippen molar-refractivity contribution >= 4 is 17.9 Å². The van der Waals surface area contributed by atoms with Crippen LogP contribution in [0.1, 0.15) is 48.4 Å². The lowest BCUT2D eigenvalue weighted by molar-refractivity contribution is 0.0947. The third-order valence-corrected chi connectivity index (χ3v) is 4.38. The van der Waals surface area contributed by atoms with Crippen molar-refractivity contribution in [1.29, 1.82) is 0 Å². The molecule has 0 fully saturated rings. The largest absolute Gasteiger partial charge is 0.508 e. The number of rotatable bonds is 10. The van der Waals surface area contributed by atoms with Crippen molar-refractivity contribution in [3.63, 3.8) is 0 Å². The summed E-state index contributed by atoms with van der Waals surface area (Å²) in [5.41, 5.74) is 9.47. The Labute approximate surface area is 178 Å². The van der Waals surface area contributed by atoms with E-state index in [4.69, 9.17) is 5.73 Å². The maximum Gasteiger partial charge on any atom is 0.293 e. The molecule has 1 aromatic carbocycles. The van der Waals surface area contributed by atoms with Crippen molar-refractivity contribution in [1.82, 2.24) is 35.6 Å². The zero-order chi connectivity index (χ0) is 22.2. The summed E-state index contributed by atoms with van der Waals surface area (Å²) in [4.78, 5) is 15.0. The number of phenolic OH excluding ortho intramolecular Hbond substituents is 1. The molecule has 2 heterocycles. The third-order valence-electron chi connectivity index (χ3n) is 4.38. The van der Waals surface area contributed by atoms with Crippen molar-refractivity contribution in [2.24, 2.45) is 5.10 Å². The van der Waals surface area contributed by atoms with Crippen LogP contribution in [0.15, 0.2) is 34.0 Å². The quantitative estimate of drug-likeness (QED) is 0.320. The molecule has 3 rings (SSSR count). The topological polar surface area (TPSA) is 161 Å². The van der Waals surface area contributed by atoms with Gasteiger partial charge in [0.15, 0.2) is 5.69 Å². The summed E-state index contributed by atoms with van der Waals surface area (Å²) < 4.78 is 6.04. The molecule has 0 atom stereocenters. The Hall–Kier alpha value is -3.80. The van der Waals surface area contributed by atoms with Crippen molar-refractivity contribution in [2.45, 2.75) is 33.2 Å². The van der Waals surface area contributed by atoms with Crippen molar-refractivity contribution < 1.29 is 14.5 Å². The number of nitrogen functional groups attached to an aromatic ring is 1. The predicted octanol–water partition coefficient (Wildman–Crippen LogP) is 1.32. The zero-order valence-corrected chi connectivity index (χ0v) is 17.4. The van der Waals surface area contributed by atoms with E-state index in [9.17, 15) is 9.90 Å². The van der Waals surface area contributed by atoms with Gasteiger partial charge in [-0.05, 0) is 53.9 Å². The van der Waals surface area contributed by atoms with Gasteiger partial charge in [-0.25, -0.2) is 10.1 Å². The number of nitrogens with one attached hydrogen (secondary N) is 1. The molecule has 31 heavy (non-hydrogen) atoms. The average molecular weight is 427 g/mol. The lowest BCUT2D eigenvalue weighted by Gasteiger charge is -2.21. The van der Waals surface area contributed by atoms with Gasteiger partial charge in [-0.1, -0.05) is 31.2 Å². The number of carbonyl (C=O) groups is 1. The first-order chi connectivity index (χ1) is 15.0. The Bertz CT molecular complexity index is 1040. The molecule has 0 aliphatic heterocycles. The highest BCUT2D eigenvalue weighted by Gasteiger charge is 2.25. The normalized spacial score (nSPS) is 11.5. The molecule has 3 aromatic rings. The highest BCUT2D eigenvalue weighted by atomic mass is 16.6. The molecule has 4 N–H and O–H groups in total. The summed E-state index contributed by atoms with van der Waals surface area (Å²) >= 11 is 0. The van der Waals surface area contributed by atoms with Crippen LogP contribution in [-0.2, 0) is 6.54 Å². The first-order valence-corrected chi connectivity index (χ1v) is 9.91. The Kier molecular flexibility index (Phi) is 7.27. The number of hydrogen-bond donors (Lipinski definition) is 3. The summed E-state index contributed by atoms with van der Waals surface area (Å²) in [7, 11) is 0. The van der Waals surface area contributed by atoms with Gasteiger partial charge >= 0.3 is 0 Å². The molecule has 0 saturated carbocycles. The third kappa shape index (κ3) is 5.42. The molecule has 2 aromatic heterocycles. The van der Waals surface area contributed by atoms with Crippen LogP contribution in [0.3, 0.4) is 0 Å². The van der Waals surface area contributed by atoms with Crippen LogP contribution in [0.4, 0.5) is 5.82 Å². The van der Waals surface area contributed by atoms with E-state index < -0.39 is 5.91 Å². The minimum atomic E-state index is -0.541. The van der Waals surface area contributed by atoms with Gasteiger partial charge in [0.05, 0.1) is 11.9 Å². The van der Waals surface area contributed by atoms with Gasteiger partial charge in [0.25, 0.3) is 5.91 Å². The van der Waals surface area contributed by atoms with Crippen LogP contribution in [0, 0.1) is 0 Å². The van der Waals surface area contributed by atoms with E-state index in [1.165, 1.54) is 17.0 Å². The second-order valence-corrected chi connectivity index (χ2v) is 6.84. The fourth-order valence-corrected chi connectivity index (χ4v) is 3.07. The molecule has 12 nitrogen and oxygen atoms in total.